The van der Waals surface area contributed by atoms with Crippen LogP contribution in [0, 0.1) is 0 Å². The number of hydrogen-bond acceptors (Lipinski definition) is 4. The average molecular weight is 169 g/mol. The summed E-state index contributed by atoms with van der Waals surface area (Å²) >= 11 is 0. The summed E-state index contributed by atoms with van der Waals surface area (Å²) in [7, 11) is 0. The summed E-state index contributed by atoms with van der Waals surface area (Å²) in [5.41, 5.74) is 0. The van der Waals surface area contributed by atoms with Crippen molar-refractivity contribution in [2.24, 2.45) is 0 Å². The molecule has 0 fully saturated rings. The Kier molecular flexibility index (Phi) is 3.73. The van der Waals surface area contributed by atoms with Gasteiger partial charge in [0, 0.05) is 19.0 Å². The number of nitrogens with zero attached hydrogens (tertiary/aromatic N) is 2. The summed E-state index contributed by atoms with van der Waals surface area (Å²) in [6, 6.07) is 0.563. The van der Waals surface area contributed by atoms with Crippen LogP contribution in [0.3, 0.4) is 0 Å². The van der Waals surface area contributed by atoms with Crippen LogP contribution in [-0.4, -0.2) is 22.7 Å². The highest BCUT2D eigenvalue weighted by Gasteiger charge is 2.00. The number of rotatable bonds is 5. The minimum Gasteiger partial charge on any atom is -0.340 e. The SMILES string of the molecule is CCC(C)NCCc1ncno1. The Hall–Kier alpha value is -0.900. The van der Waals surface area contributed by atoms with E-state index in [-0.39, 0.29) is 0 Å². The van der Waals surface area contributed by atoms with Gasteiger partial charge in [0.2, 0.25) is 5.89 Å². The van der Waals surface area contributed by atoms with E-state index < -0.39 is 0 Å². The van der Waals surface area contributed by atoms with Gasteiger partial charge >= 0.3 is 0 Å². The number of aromatic nitrogens is 2. The highest BCUT2D eigenvalue weighted by molar-refractivity contribution is 4.75. The lowest BCUT2D eigenvalue weighted by Crippen LogP contribution is -2.27. The molecule has 1 heterocycles. The van der Waals surface area contributed by atoms with E-state index in [9.17, 15) is 0 Å². The molecule has 4 heteroatoms. The minimum absolute atomic E-state index is 0.563. The zero-order valence-electron chi connectivity index (χ0n) is 7.58. The van der Waals surface area contributed by atoms with E-state index in [0.717, 1.165) is 19.4 Å². The van der Waals surface area contributed by atoms with Gasteiger partial charge in [-0.05, 0) is 13.3 Å². The molecule has 0 amide bonds. The predicted molar refractivity (Wildman–Crippen MR) is 45.8 cm³/mol. The first kappa shape index (κ1) is 9.19. The highest BCUT2D eigenvalue weighted by Crippen LogP contribution is 1.92. The highest BCUT2D eigenvalue weighted by atomic mass is 16.5. The Labute approximate surface area is 72.4 Å². The Balaban J connectivity index is 2.11. The number of hydrogen-bond donors (Lipinski definition) is 1. The molecule has 0 aliphatic carbocycles. The molecule has 68 valence electrons. The molecule has 1 N–H and O–H groups in total. The maximum atomic E-state index is 4.85. The van der Waals surface area contributed by atoms with Gasteiger partial charge < -0.3 is 9.84 Å². The van der Waals surface area contributed by atoms with Crippen molar-refractivity contribution < 1.29 is 4.52 Å². The van der Waals surface area contributed by atoms with Crippen LogP contribution < -0.4 is 5.32 Å². The smallest absolute Gasteiger partial charge is 0.227 e. The van der Waals surface area contributed by atoms with Gasteiger partial charge in [0.15, 0.2) is 6.33 Å². The molecule has 0 aliphatic heterocycles. The first-order valence-corrected chi connectivity index (χ1v) is 4.32. The standard InChI is InChI=1S/C8H15N3O/c1-3-7(2)9-5-4-8-10-6-11-12-8/h6-7,9H,3-5H2,1-2H3. The summed E-state index contributed by atoms with van der Waals surface area (Å²) in [5, 5.41) is 6.87. The Morgan fingerprint density at radius 1 is 1.67 bits per heavy atom. The number of nitrogens with one attached hydrogen (secondary N) is 1. The third kappa shape index (κ3) is 3.00. The molecule has 0 bridgehead atoms. The first-order valence-electron chi connectivity index (χ1n) is 4.32. The topological polar surface area (TPSA) is 51.0 Å². The van der Waals surface area contributed by atoms with Crippen LogP contribution in [0.2, 0.25) is 0 Å². The van der Waals surface area contributed by atoms with E-state index in [1.165, 1.54) is 6.33 Å². The molecule has 12 heavy (non-hydrogen) atoms. The summed E-state index contributed by atoms with van der Waals surface area (Å²) in [6.45, 7) is 5.22. The van der Waals surface area contributed by atoms with Crippen LogP contribution in [0.25, 0.3) is 0 Å². The molecule has 0 saturated heterocycles. The molecular weight excluding hydrogens is 154 g/mol. The molecule has 0 saturated carbocycles. The van der Waals surface area contributed by atoms with Gasteiger partial charge in [0.1, 0.15) is 0 Å². The molecule has 1 unspecified atom stereocenters. The van der Waals surface area contributed by atoms with Crippen molar-refractivity contribution in [2.75, 3.05) is 6.54 Å². The fourth-order valence-electron chi connectivity index (χ4n) is 0.876. The van der Waals surface area contributed by atoms with Crippen molar-refractivity contribution in [1.82, 2.24) is 15.5 Å². The van der Waals surface area contributed by atoms with Crippen molar-refractivity contribution in [3.63, 3.8) is 0 Å². The second kappa shape index (κ2) is 4.87. The van der Waals surface area contributed by atoms with Crippen LogP contribution in [-0.2, 0) is 6.42 Å². The van der Waals surface area contributed by atoms with Gasteiger partial charge in [-0.1, -0.05) is 12.1 Å². The predicted octanol–water partition coefficient (Wildman–Crippen LogP) is 1.00. The molecule has 0 aromatic carbocycles. The molecule has 0 aliphatic rings. The molecule has 4 nitrogen and oxygen atoms in total. The monoisotopic (exact) mass is 169 g/mol. The average Bonchev–Trinajstić information content (AvgIpc) is 2.57. The van der Waals surface area contributed by atoms with Gasteiger partial charge in [-0.2, -0.15) is 4.98 Å². The maximum Gasteiger partial charge on any atom is 0.227 e. The zero-order chi connectivity index (χ0) is 8.81. The Morgan fingerprint density at radius 2 is 2.50 bits per heavy atom. The lowest BCUT2D eigenvalue weighted by Gasteiger charge is -2.08. The van der Waals surface area contributed by atoms with Crippen LogP contribution in [0.5, 0.6) is 0 Å². The summed E-state index contributed by atoms with van der Waals surface area (Å²) in [6.07, 6.45) is 3.38. The van der Waals surface area contributed by atoms with E-state index in [0.29, 0.717) is 11.9 Å². The third-order valence-corrected chi connectivity index (χ3v) is 1.85. The third-order valence-electron chi connectivity index (χ3n) is 1.85. The van der Waals surface area contributed by atoms with Gasteiger partial charge in [-0.3, -0.25) is 0 Å². The quantitative estimate of drug-likeness (QED) is 0.714. The van der Waals surface area contributed by atoms with Crippen LogP contribution in [0.1, 0.15) is 26.2 Å². The lowest BCUT2D eigenvalue weighted by atomic mass is 10.2. The van der Waals surface area contributed by atoms with E-state index in [2.05, 4.69) is 29.3 Å². The summed E-state index contributed by atoms with van der Waals surface area (Å²) in [5.74, 6) is 0.700. The lowest BCUT2D eigenvalue weighted by molar-refractivity contribution is 0.371. The van der Waals surface area contributed by atoms with Crippen molar-refractivity contribution in [2.45, 2.75) is 32.7 Å². The first-order chi connectivity index (χ1) is 5.83. The van der Waals surface area contributed by atoms with Gasteiger partial charge in [0.25, 0.3) is 0 Å². The van der Waals surface area contributed by atoms with E-state index >= 15 is 0 Å². The minimum atomic E-state index is 0.563. The normalized spacial score (nSPS) is 13.2. The van der Waals surface area contributed by atoms with Gasteiger partial charge in [0.05, 0.1) is 0 Å². The van der Waals surface area contributed by atoms with Crippen LogP contribution in [0.15, 0.2) is 10.9 Å². The second-order valence-corrected chi connectivity index (χ2v) is 2.85. The van der Waals surface area contributed by atoms with E-state index in [4.69, 9.17) is 4.52 Å². The summed E-state index contributed by atoms with van der Waals surface area (Å²) in [4.78, 5) is 3.92. The molecule has 1 atom stereocenters. The molecule has 0 radical (unpaired) electrons. The fourth-order valence-corrected chi connectivity index (χ4v) is 0.876. The van der Waals surface area contributed by atoms with Gasteiger partial charge in [-0.25, -0.2) is 0 Å². The Bertz CT molecular complexity index is 198. The van der Waals surface area contributed by atoms with Crippen LogP contribution >= 0.6 is 0 Å². The molecule has 1 rings (SSSR count). The molecular formula is C8H15N3O. The second-order valence-electron chi connectivity index (χ2n) is 2.85. The summed E-state index contributed by atoms with van der Waals surface area (Å²) < 4.78 is 4.85. The van der Waals surface area contributed by atoms with Crippen molar-refractivity contribution >= 4 is 0 Å². The molecule has 1 aromatic heterocycles. The van der Waals surface area contributed by atoms with Crippen molar-refractivity contribution in [3.8, 4) is 0 Å². The zero-order valence-corrected chi connectivity index (χ0v) is 7.58. The Morgan fingerprint density at radius 3 is 3.08 bits per heavy atom. The fraction of sp³-hybridized carbons (Fsp3) is 0.750. The van der Waals surface area contributed by atoms with Crippen molar-refractivity contribution in [3.05, 3.63) is 12.2 Å². The van der Waals surface area contributed by atoms with E-state index in [1.807, 2.05) is 0 Å². The van der Waals surface area contributed by atoms with Gasteiger partial charge in [-0.15, -0.1) is 0 Å². The van der Waals surface area contributed by atoms with Crippen molar-refractivity contribution in [1.29, 1.82) is 0 Å². The van der Waals surface area contributed by atoms with Crippen LogP contribution in [0.4, 0.5) is 0 Å². The molecule has 1 aromatic rings. The van der Waals surface area contributed by atoms with E-state index in [1.54, 1.807) is 0 Å². The maximum absolute atomic E-state index is 4.85. The largest absolute Gasteiger partial charge is 0.340 e. The molecule has 0 spiro atoms.